The Morgan fingerprint density at radius 1 is 0.167 bits per heavy atom. The Balaban J connectivity index is 7.98. The molecule has 0 aliphatic carbocycles. The SMILES string of the molecule is OC/C=C/CCCCC(CCCCCC(F)(F)C(F)(F)C(F)(F)C(F)(F)C(F)(F)C(F)(F)C(F)(F)C(F)(F)F)(CCCCCC(F)(F)C(F)(F)C(F)(F)C(F)(F)C(F)(F)C(F)(F)C(F)(F)C(F)(F)F)CCC(F)(F)C(F)(F)C(F)(F)C(F)(F)C(F)(F)C(F)(F)C(F)(F)C(F)(F)F. The van der Waals surface area contributed by atoms with Crippen LogP contribution in [-0.4, -0.2) is 155 Å². The molecule has 0 spiro atoms. The highest BCUT2D eigenvalue weighted by Gasteiger charge is 2.98. The first kappa shape index (κ1) is 92.1. The first-order chi connectivity index (χ1) is 41.4. The minimum absolute atomic E-state index is 0.541. The minimum atomic E-state index is -9.32. The molecule has 0 aromatic rings. The molecule has 96 heavy (non-hydrogen) atoms. The highest BCUT2D eigenvalue weighted by molar-refractivity contribution is 5.18. The van der Waals surface area contributed by atoms with Crippen LogP contribution in [0.25, 0.3) is 0 Å². The van der Waals surface area contributed by atoms with E-state index >= 15 is 17.6 Å². The third-order valence-electron chi connectivity index (χ3n) is 14.3. The van der Waals surface area contributed by atoms with Gasteiger partial charge in [-0.1, -0.05) is 44.3 Å². The number of rotatable bonds is 39. The van der Waals surface area contributed by atoms with Crippen molar-refractivity contribution in [2.24, 2.45) is 5.41 Å². The predicted molar refractivity (Wildman–Crippen MR) is 215 cm³/mol. The summed E-state index contributed by atoms with van der Waals surface area (Å²) in [6, 6.07) is 0. The lowest BCUT2D eigenvalue weighted by Crippen LogP contribution is -2.74. The fourth-order valence-corrected chi connectivity index (χ4v) is 8.23. The third kappa shape index (κ3) is 14.6. The van der Waals surface area contributed by atoms with E-state index in [0.717, 1.165) is 12.2 Å². The van der Waals surface area contributed by atoms with Gasteiger partial charge >= 0.3 is 143 Å². The molecule has 0 aliphatic rings. The molecule has 0 bridgehead atoms. The summed E-state index contributed by atoms with van der Waals surface area (Å²) in [5, 5.41) is 8.84. The van der Waals surface area contributed by atoms with Crippen molar-refractivity contribution >= 4 is 0 Å². The highest BCUT2D eigenvalue weighted by atomic mass is 19.5. The van der Waals surface area contributed by atoms with Crippen LogP contribution in [0.2, 0.25) is 0 Å². The van der Waals surface area contributed by atoms with E-state index in [2.05, 4.69) is 0 Å². The standard InChI is InChI=1S/C44H37F51O/c45-21(46,24(51,52)27(57,58)30(63,64)33(69,70)36(75,76)39(81,82)42(87,88)89)15-9-4-7-13-20(12-6-2-1-3-11-19-96,17-18-23(49,50)26(55,56)29(61,62)32(67,68)35(73,74)38(79,80)41(85,86)44(93,94)95)14-8-5-10-16-22(47,48)25(53,54)28(59,60)31(65,66)34(71,72)37(77,78)40(83,84)43(90,91)92/h3,11,96H,1-2,4-10,12-19H2/b11-3+. The van der Waals surface area contributed by atoms with Crippen molar-refractivity contribution in [3.63, 3.8) is 0 Å². The zero-order chi connectivity index (χ0) is 77.9. The van der Waals surface area contributed by atoms with Crippen LogP contribution in [0.5, 0.6) is 0 Å². The highest BCUT2D eigenvalue weighted by Crippen LogP contribution is 2.69. The lowest BCUT2D eigenvalue weighted by Gasteiger charge is -2.43. The van der Waals surface area contributed by atoms with Gasteiger partial charge in [0.25, 0.3) is 0 Å². The van der Waals surface area contributed by atoms with Crippen LogP contribution in [0.1, 0.15) is 103 Å². The average Bonchev–Trinajstić information content (AvgIpc) is 0.709. The molecule has 0 aromatic carbocycles. The molecule has 0 radical (unpaired) electrons. The summed E-state index contributed by atoms with van der Waals surface area (Å²) < 4.78 is 708. The lowest BCUT2D eigenvalue weighted by atomic mass is 9.70. The van der Waals surface area contributed by atoms with Gasteiger partial charge < -0.3 is 5.11 Å². The summed E-state index contributed by atoms with van der Waals surface area (Å²) in [7, 11) is 0. The summed E-state index contributed by atoms with van der Waals surface area (Å²) >= 11 is 0. The first-order valence-corrected chi connectivity index (χ1v) is 24.8. The van der Waals surface area contributed by atoms with Crippen LogP contribution in [-0.2, 0) is 0 Å². The molecule has 576 valence electrons. The van der Waals surface area contributed by atoms with Crippen LogP contribution in [0.3, 0.4) is 0 Å². The zero-order valence-electron chi connectivity index (χ0n) is 45.4. The number of aliphatic hydroxyl groups excluding tert-OH is 1. The van der Waals surface area contributed by atoms with Gasteiger partial charge in [0.05, 0.1) is 6.61 Å². The second-order valence-corrected chi connectivity index (χ2v) is 21.0. The number of halogens is 51. The van der Waals surface area contributed by atoms with Crippen molar-refractivity contribution in [1.82, 2.24) is 0 Å². The molecule has 0 unspecified atom stereocenters. The summed E-state index contributed by atoms with van der Waals surface area (Å²) in [6.45, 7) is -0.923. The smallest absolute Gasteiger partial charge is 0.392 e. The fraction of sp³-hybridized carbons (Fsp3) is 0.955. The molecule has 0 atom stereocenters. The topological polar surface area (TPSA) is 20.2 Å². The van der Waals surface area contributed by atoms with E-state index < -0.39 is 258 Å². The summed E-state index contributed by atoms with van der Waals surface area (Å²) in [5.74, 6) is -183. The average molecular weight is 1550 g/mol. The van der Waals surface area contributed by atoms with Crippen molar-refractivity contribution in [2.75, 3.05) is 6.61 Å². The van der Waals surface area contributed by atoms with Crippen LogP contribution >= 0.6 is 0 Å². The number of aliphatic hydroxyl groups is 1. The van der Waals surface area contributed by atoms with Gasteiger partial charge in [0.15, 0.2) is 0 Å². The monoisotopic (exact) mass is 1550 g/mol. The summed E-state index contributed by atoms with van der Waals surface area (Å²) in [5.41, 5.74) is -3.17. The molecule has 0 rings (SSSR count). The Bertz CT molecular complexity index is 2430. The molecule has 0 aromatic heterocycles. The molecular weight excluding hydrogens is 1510 g/mol. The third-order valence-corrected chi connectivity index (χ3v) is 14.3. The Labute approximate surface area is 499 Å². The maximum Gasteiger partial charge on any atom is 0.460 e. The molecule has 1 N–H and O–H groups in total. The molecule has 1 nitrogen and oxygen atoms in total. The molecule has 0 amide bonds. The van der Waals surface area contributed by atoms with Gasteiger partial charge in [-0.05, 0) is 56.8 Å². The van der Waals surface area contributed by atoms with Crippen LogP contribution in [0, 0.1) is 5.41 Å². The fourth-order valence-electron chi connectivity index (χ4n) is 8.23. The van der Waals surface area contributed by atoms with E-state index in [1.807, 2.05) is 0 Å². The van der Waals surface area contributed by atoms with Crippen molar-refractivity contribution in [1.29, 1.82) is 0 Å². The molecule has 52 heteroatoms. The van der Waals surface area contributed by atoms with Crippen molar-refractivity contribution in [2.45, 2.75) is 246 Å². The maximum atomic E-state index is 15.4. The van der Waals surface area contributed by atoms with E-state index in [9.17, 15) is 206 Å². The van der Waals surface area contributed by atoms with E-state index in [-0.39, 0.29) is 0 Å². The quantitative estimate of drug-likeness (QED) is 0.0369. The van der Waals surface area contributed by atoms with Crippen LogP contribution < -0.4 is 0 Å². The van der Waals surface area contributed by atoms with Gasteiger partial charge in [-0.25, -0.2) is 0 Å². The molecule has 0 saturated heterocycles. The van der Waals surface area contributed by atoms with E-state index in [4.69, 9.17) is 5.11 Å². The van der Waals surface area contributed by atoms with E-state index in [1.54, 1.807) is 0 Å². The summed E-state index contributed by atoms with van der Waals surface area (Å²) in [4.78, 5) is 0. The Kier molecular flexibility index (Phi) is 26.1. The van der Waals surface area contributed by atoms with Crippen molar-refractivity contribution in [3.05, 3.63) is 12.2 Å². The molecule has 0 fully saturated rings. The van der Waals surface area contributed by atoms with E-state index in [0.29, 0.717) is 0 Å². The molecule has 0 heterocycles. The van der Waals surface area contributed by atoms with Gasteiger partial charge in [-0.15, -0.1) is 0 Å². The predicted octanol–water partition coefficient (Wildman–Crippen LogP) is 22.8. The first-order valence-electron chi connectivity index (χ1n) is 24.8. The minimum Gasteiger partial charge on any atom is -0.392 e. The van der Waals surface area contributed by atoms with Gasteiger partial charge in [-0.2, -0.15) is 224 Å². The number of hydrogen-bond donors (Lipinski definition) is 1. The van der Waals surface area contributed by atoms with Gasteiger partial charge in [0, 0.05) is 19.3 Å². The largest absolute Gasteiger partial charge is 0.460 e. The second-order valence-electron chi connectivity index (χ2n) is 21.0. The van der Waals surface area contributed by atoms with E-state index in [1.165, 1.54) is 0 Å². The Hall–Kier alpha value is -3.87. The van der Waals surface area contributed by atoms with Gasteiger partial charge in [0.1, 0.15) is 0 Å². The normalized spacial score (nSPS) is 16.6. The summed E-state index contributed by atoms with van der Waals surface area (Å²) in [6.07, 6.45) is -54.6. The molecule has 0 aliphatic heterocycles. The van der Waals surface area contributed by atoms with Crippen molar-refractivity contribution in [3.8, 4) is 0 Å². The zero-order valence-corrected chi connectivity index (χ0v) is 45.4. The number of unbranched alkanes of at least 4 members (excludes halogenated alkanes) is 6. The van der Waals surface area contributed by atoms with Crippen LogP contribution in [0.4, 0.5) is 224 Å². The molecular formula is C44H37F51O. The van der Waals surface area contributed by atoms with Crippen LogP contribution in [0.15, 0.2) is 12.2 Å². The molecule has 0 saturated carbocycles. The van der Waals surface area contributed by atoms with Gasteiger partial charge in [0.2, 0.25) is 0 Å². The lowest BCUT2D eigenvalue weighted by molar-refractivity contribution is -0.462. The number of allylic oxidation sites excluding steroid dienone is 1. The number of hydrogen-bond acceptors (Lipinski definition) is 1. The van der Waals surface area contributed by atoms with Crippen molar-refractivity contribution < 1.29 is 229 Å². The number of alkyl halides is 51. The second kappa shape index (κ2) is 27.1. The maximum absolute atomic E-state index is 15.4. The van der Waals surface area contributed by atoms with Gasteiger partial charge in [-0.3, -0.25) is 0 Å². The Morgan fingerprint density at radius 3 is 0.552 bits per heavy atom. The Morgan fingerprint density at radius 2 is 0.344 bits per heavy atom.